The molecule has 2 heterocycles. The normalized spacial score (nSPS) is 11.6. The van der Waals surface area contributed by atoms with Crippen molar-refractivity contribution in [1.82, 2.24) is 15.6 Å². The molecule has 108 valence electrons. The molecule has 2 rings (SSSR count). The molecule has 0 aliphatic rings. The molecule has 0 aliphatic carbocycles. The number of thiazole rings is 1. The molecule has 0 aliphatic heterocycles. The molecule has 0 atom stereocenters. The number of guanidine groups is 1. The molecule has 20 heavy (non-hydrogen) atoms. The fourth-order valence-electron chi connectivity index (χ4n) is 1.73. The Hall–Kier alpha value is -1.40. The maximum absolute atomic E-state index is 4.60. The molecule has 2 aromatic rings. The molecule has 0 aromatic carbocycles. The molecule has 0 unspecified atom stereocenters. The summed E-state index contributed by atoms with van der Waals surface area (Å²) in [5.41, 5.74) is 2.95. The molecule has 0 radical (unpaired) electrons. The first-order valence-corrected chi connectivity index (χ1v) is 8.49. The van der Waals surface area contributed by atoms with Gasteiger partial charge in [-0.1, -0.05) is 6.07 Å². The quantitative estimate of drug-likeness (QED) is 0.637. The Kier molecular flexibility index (Phi) is 6.01. The van der Waals surface area contributed by atoms with Crippen LogP contribution in [0.3, 0.4) is 0 Å². The van der Waals surface area contributed by atoms with E-state index < -0.39 is 0 Å². The summed E-state index contributed by atoms with van der Waals surface area (Å²) in [4.78, 5) is 11.5. The average molecular weight is 308 g/mol. The first kappa shape index (κ1) is 15.0. The van der Waals surface area contributed by atoms with Crippen LogP contribution in [0.5, 0.6) is 0 Å². The highest BCUT2D eigenvalue weighted by atomic mass is 32.1. The minimum Gasteiger partial charge on any atom is -0.357 e. The highest BCUT2D eigenvalue weighted by Gasteiger charge is 2.02. The molecule has 0 fully saturated rings. The number of hydrogen-bond donors (Lipinski definition) is 2. The van der Waals surface area contributed by atoms with Crippen molar-refractivity contribution < 1.29 is 0 Å². The van der Waals surface area contributed by atoms with Crippen molar-refractivity contribution in [2.45, 2.75) is 26.8 Å². The maximum atomic E-state index is 4.60. The van der Waals surface area contributed by atoms with Crippen molar-refractivity contribution in [2.75, 3.05) is 13.1 Å². The Morgan fingerprint density at radius 2 is 2.25 bits per heavy atom. The summed E-state index contributed by atoms with van der Waals surface area (Å²) >= 11 is 3.45. The summed E-state index contributed by atoms with van der Waals surface area (Å²) in [6, 6.07) is 4.25. The molecule has 0 bridgehead atoms. The maximum Gasteiger partial charge on any atom is 0.191 e. The summed E-state index contributed by atoms with van der Waals surface area (Å²) in [5, 5.41) is 8.75. The van der Waals surface area contributed by atoms with E-state index in [4.69, 9.17) is 0 Å². The fourth-order valence-corrected chi connectivity index (χ4v) is 3.14. The summed E-state index contributed by atoms with van der Waals surface area (Å²) in [5.74, 6) is 0.872. The Labute approximate surface area is 128 Å². The minimum absolute atomic E-state index is 0.685. The second kappa shape index (κ2) is 8.01. The van der Waals surface area contributed by atoms with Gasteiger partial charge in [0.2, 0.25) is 0 Å². The van der Waals surface area contributed by atoms with E-state index >= 15 is 0 Å². The van der Waals surface area contributed by atoms with E-state index in [-0.39, 0.29) is 0 Å². The highest BCUT2D eigenvalue weighted by molar-refractivity contribution is 7.10. The van der Waals surface area contributed by atoms with Crippen molar-refractivity contribution in [1.29, 1.82) is 0 Å². The van der Waals surface area contributed by atoms with Crippen LogP contribution in [0.25, 0.3) is 0 Å². The van der Waals surface area contributed by atoms with Crippen molar-refractivity contribution >= 4 is 28.6 Å². The van der Waals surface area contributed by atoms with Gasteiger partial charge in [0.1, 0.15) is 0 Å². The topological polar surface area (TPSA) is 49.3 Å². The van der Waals surface area contributed by atoms with Crippen molar-refractivity contribution in [3.63, 3.8) is 0 Å². The Balaban J connectivity index is 1.84. The van der Waals surface area contributed by atoms with Crippen LogP contribution in [0.4, 0.5) is 0 Å². The van der Waals surface area contributed by atoms with E-state index in [1.807, 2.05) is 12.4 Å². The zero-order valence-corrected chi connectivity index (χ0v) is 13.5. The number of aryl methyl sites for hydroxylation is 1. The molecule has 2 aromatic heterocycles. The summed E-state index contributed by atoms with van der Waals surface area (Å²) in [6.45, 7) is 6.55. The van der Waals surface area contributed by atoms with Crippen molar-refractivity contribution in [2.24, 2.45) is 4.99 Å². The molecule has 0 amide bonds. The molecule has 6 heteroatoms. The lowest BCUT2D eigenvalue weighted by molar-refractivity contribution is 0.805. The molecule has 0 spiro atoms. The third-order valence-electron chi connectivity index (χ3n) is 2.81. The van der Waals surface area contributed by atoms with Gasteiger partial charge in [-0.25, -0.2) is 9.98 Å². The summed E-state index contributed by atoms with van der Waals surface area (Å²) in [6.07, 6.45) is 1.03. The molecule has 4 nitrogen and oxygen atoms in total. The second-order valence-corrected chi connectivity index (χ2v) is 6.28. The van der Waals surface area contributed by atoms with Crippen LogP contribution in [0, 0.1) is 6.92 Å². The molecular weight excluding hydrogens is 288 g/mol. The van der Waals surface area contributed by atoms with Gasteiger partial charge in [-0.3, -0.25) is 0 Å². The zero-order chi connectivity index (χ0) is 14.2. The lowest BCUT2D eigenvalue weighted by atomic mass is 10.3. The third kappa shape index (κ3) is 4.61. The summed E-state index contributed by atoms with van der Waals surface area (Å²) in [7, 11) is 0. The molecular formula is C14H20N4S2. The minimum atomic E-state index is 0.685. The predicted octanol–water partition coefficient (Wildman–Crippen LogP) is 2.81. The molecule has 0 saturated carbocycles. The van der Waals surface area contributed by atoms with Gasteiger partial charge < -0.3 is 10.6 Å². The van der Waals surface area contributed by atoms with Gasteiger partial charge in [0.05, 0.1) is 17.7 Å². The van der Waals surface area contributed by atoms with E-state index in [0.29, 0.717) is 6.54 Å². The zero-order valence-electron chi connectivity index (χ0n) is 11.8. The van der Waals surface area contributed by atoms with Crippen molar-refractivity contribution in [3.05, 3.63) is 38.5 Å². The number of aliphatic imine (C=N–C) groups is 1. The van der Waals surface area contributed by atoms with Gasteiger partial charge >= 0.3 is 0 Å². The monoisotopic (exact) mass is 308 g/mol. The first-order chi connectivity index (χ1) is 9.79. The van der Waals surface area contributed by atoms with Gasteiger partial charge in [-0.2, -0.15) is 0 Å². The van der Waals surface area contributed by atoms with Crippen LogP contribution >= 0.6 is 22.7 Å². The van der Waals surface area contributed by atoms with Crippen LogP contribution in [0.1, 0.15) is 22.4 Å². The van der Waals surface area contributed by atoms with Crippen LogP contribution in [0.15, 0.2) is 28.0 Å². The van der Waals surface area contributed by atoms with Gasteiger partial charge in [-0.15, -0.1) is 22.7 Å². The highest BCUT2D eigenvalue weighted by Crippen LogP contribution is 2.13. The van der Waals surface area contributed by atoms with Crippen LogP contribution in [-0.4, -0.2) is 24.0 Å². The van der Waals surface area contributed by atoms with Crippen LogP contribution in [-0.2, 0) is 13.0 Å². The summed E-state index contributed by atoms with van der Waals surface area (Å²) < 4.78 is 0. The third-order valence-corrected chi connectivity index (χ3v) is 4.67. The van der Waals surface area contributed by atoms with E-state index in [1.165, 1.54) is 9.75 Å². The van der Waals surface area contributed by atoms with Gasteiger partial charge in [0, 0.05) is 22.8 Å². The number of thiophene rings is 1. The standard InChI is InChI=1S/C14H20N4S2/c1-3-15-14(16-7-6-12-5-4-8-19-12)17-9-13-11(2)18-10-20-13/h4-5,8,10H,3,6-7,9H2,1-2H3,(H2,15,16,17). The SMILES string of the molecule is CCNC(=NCc1scnc1C)NCCc1cccs1. The molecule has 2 N–H and O–H groups in total. The Bertz CT molecular complexity index is 531. The number of rotatable bonds is 6. The lowest BCUT2D eigenvalue weighted by Gasteiger charge is -2.10. The van der Waals surface area contributed by atoms with E-state index in [0.717, 1.165) is 31.2 Å². The lowest BCUT2D eigenvalue weighted by Crippen LogP contribution is -2.38. The van der Waals surface area contributed by atoms with E-state index in [2.05, 4.69) is 45.0 Å². The predicted molar refractivity (Wildman–Crippen MR) is 87.7 cm³/mol. The smallest absolute Gasteiger partial charge is 0.191 e. The van der Waals surface area contributed by atoms with E-state index in [1.54, 1.807) is 22.7 Å². The van der Waals surface area contributed by atoms with Crippen LogP contribution < -0.4 is 10.6 Å². The molecule has 0 saturated heterocycles. The van der Waals surface area contributed by atoms with E-state index in [9.17, 15) is 0 Å². The second-order valence-electron chi connectivity index (χ2n) is 4.31. The van der Waals surface area contributed by atoms with Gasteiger partial charge in [-0.05, 0) is 31.7 Å². The number of aromatic nitrogens is 1. The first-order valence-electron chi connectivity index (χ1n) is 6.73. The number of nitrogens with one attached hydrogen (secondary N) is 2. The van der Waals surface area contributed by atoms with Crippen molar-refractivity contribution in [3.8, 4) is 0 Å². The number of hydrogen-bond acceptors (Lipinski definition) is 4. The largest absolute Gasteiger partial charge is 0.357 e. The fraction of sp³-hybridized carbons (Fsp3) is 0.429. The van der Waals surface area contributed by atoms with Crippen LogP contribution in [0.2, 0.25) is 0 Å². The van der Waals surface area contributed by atoms with Gasteiger partial charge in [0.25, 0.3) is 0 Å². The number of nitrogens with zero attached hydrogens (tertiary/aromatic N) is 2. The Morgan fingerprint density at radius 1 is 1.35 bits per heavy atom. The Morgan fingerprint density at radius 3 is 2.90 bits per heavy atom. The average Bonchev–Trinajstić information content (AvgIpc) is 3.08. The van der Waals surface area contributed by atoms with Gasteiger partial charge in [0.15, 0.2) is 5.96 Å².